The highest BCUT2D eigenvalue weighted by Gasteiger charge is 2.69. The van der Waals surface area contributed by atoms with E-state index in [1.165, 1.54) is 0 Å². The Balaban J connectivity index is 3.53. The van der Waals surface area contributed by atoms with Crippen molar-refractivity contribution < 1.29 is 37.0 Å². The molecule has 0 bridgehead atoms. The number of carboxylic acids is 1. The first kappa shape index (κ1) is 22.9. The zero-order valence-electron chi connectivity index (χ0n) is 16.1. The molecule has 0 spiro atoms. The Morgan fingerprint density at radius 3 is 1.56 bits per heavy atom. The number of ether oxygens (including phenoxy) is 1. The van der Waals surface area contributed by atoms with Crippen LogP contribution < -0.4 is 4.74 Å². The lowest BCUT2D eigenvalue weighted by Gasteiger charge is -2.25. The Morgan fingerprint density at radius 1 is 0.852 bits per heavy atom. The van der Waals surface area contributed by atoms with Crippen molar-refractivity contribution in [3.05, 3.63) is 28.8 Å². The predicted octanol–water partition coefficient (Wildman–Crippen LogP) is 5.32. The zero-order chi connectivity index (χ0) is 21.3. The number of hydrogen-bond acceptors (Lipinski definition) is 3. The molecule has 8 heteroatoms. The summed E-state index contributed by atoms with van der Waals surface area (Å²) < 4.78 is 58.9. The third-order valence-corrected chi connectivity index (χ3v) is 4.19. The molecule has 1 N–H and O–H groups in total. The van der Waals surface area contributed by atoms with E-state index in [0.29, 0.717) is 11.1 Å². The van der Waals surface area contributed by atoms with Gasteiger partial charge in [-0.15, -0.1) is 0 Å². The van der Waals surface area contributed by atoms with E-state index in [2.05, 4.69) is 0 Å². The third kappa shape index (κ3) is 4.42. The van der Waals surface area contributed by atoms with Gasteiger partial charge in [0.15, 0.2) is 0 Å². The van der Waals surface area contributed by atoms with Crippen LogP contribution in [0.2, 0.25) is 0 Å². The summed E-state index contributed by atoms with van der Waals surface area (Å²) in [5.74, 6) is -17.4. The van der Waals surface area contributed by atoms with Gasteiger partial charge in [-0.1, -0.05) is 53.7 Å². The minimum Gasteiger partial charge on any atom is -0.477 e. The summed E-state index contributed by atoms with van der Waals surface area (Å²) in [7, 11) is 0. The molecule has 27 heavy (non-hydrogen) atoms. The maximum atomic E-state index is 13.8. The van der Waals surface area contributed by atoms with Crippen LogP contribution in [0.5, 0.6) is 5.75 Å². The minimum atomic E-state index is -5.59. The van der Waals surface area contributed by atoms with E-state index in [-0.39, 0.29) is 23.5 Å². The van der Waals surface area contributed by atoms with Crippen LogP contribution in [0.25, 0.3) is 0 Å². The number of carbonyl (C=O) groups excluding carboxylic acids is 1. The number of benzene rings is 1. The molecule has 0 aliphatic heterocycles. The van der Waals surface area contributed by atoms with Crippen molar-refractivity contribution >= 4 is 11.9 Å². The molecule has 0 saturated heterocycles. The van der Waals surface area contributed by atoms with Crippen molar-refractivity contribution in [3.8, 4) is 5.75 Å². The van der Waals surface area contributed by atoms with Crippen LogP contribution in [-0.4, -0.2) is 28.9 Å². The lowest BCUT2D eigenvalue weighted by molar-refractivity contribution is -0.229. The summed E-state index contributed by atoms with van der Waals surface area (Å²) in [6.07, 6.45) is 0. The Kier molecular flexibility index (Phi) is 6.67. The van der Waals surface area contributed by atoms with E-state index < -0.39 is 23.8 Å². The first-order chi connectivity index (χ1) is 12.1. The molecule has 1 aromatic carbocycles. The molecular weight excluding hydrogens is 368 g/mol. The topological polar surface area (TPSA) is 63.6 Å². The van der Waals surface area contributed by atoms with E-state index in [0.717, 1.165) is 5.56 Å². The number of halogens is 4. The second-order valence-corrected chi connectivity index (χ2v) is 7.34. The fraction of sp³-hybridized carbons (Fsp3) is 0.579. The molecule has 4 nitrogen and oxygen atoms in total. The van der Waals surface area contributed by atoms with Gasteiger partial charge in [-0.25, -0.2) is 9.59 Å². The Bertz CT molecular complexity index is 695. The Labute approximate surface area is 155 Å². The lowest BCUT2D eigenvalue weighted by Crippen LogP contribution is -2.54. The summed E-state index contributed by atoms with van der Waals surface area (Å²) in [6.45, 7) is 10.8. The summed E-state index contributed by atoms with van der Waals surface area (Å²) in [5, 5.41) is 8.34. The monoisotopic (exact) mass is 392 g/mol. The van der Waals surface area contributed by atoms with Crippen molar-refractivity contribution in [2.75, 3.05) is 0 Å². The van der Waals surface area contributed by atoms with Crippen molar-refractivity contribution in [2.24, 2.45) is 0 Å². The molecular formula is C19H24F4O4. The standard InChI is InChI=1S/C19H24F4O4/c1-9(2)12-7-13(10(3)4)15(14(8-12)11(5)6)27-17(26)19(22,23)18(20,21)16(24)25/h7-11H,1-6H3,(H,24,25). The normalized spacial score (nSPS) is 12.8. The van der Waals surface area contributed by atoms with Crippen molar-refractivity contribution in [1.82, 2.24) is 0 Å². The van der Waals surface area contributed by atoms with Crippen LogP contribution in [0.15, 0.2) is 12.1 Å². The molecule has 0 atom stereocenters. The SMILES string of the molecule is CC(C)c1cc(C(C)C)c(OC(=O)C(F)(F)C(F)(F)C(=O)O)c(C(C)C)c1. The van der Waals surface area contributed by atoms with Crippen LogP contribution in [0.4, 0.5) is 17.6 Å². The van der Waals surface area contributed by atoms with Crippen LogP contribution in [0, 0.1) is 0 Å². The molecule has 1 rings (SSSR count). The van der Waals surface area contributed by atoms with Gasteiger partial charge in [0, 0.05) is 0 Å². The number of rotatable bonds is 7. The van der Waals surface area contributed by atoms with Gasteiger partial charge < -0.3 is 9.84 Å². The molecule has 0 aliphatic rings. The predicted molar refractivity (Wildman–Crippen MR) is 91.9 cm³/mol. The molecule has 0 saturated carbocycles. The fourth-order valence-corrected chi connectivity index (χ4v) is 2.43. The third-order valence-electron chi connectivity index (χ3n) is 4.19. The Morgan fingerprint density at radius 2 is 1.26 bits per heavy atom. The van der Waals surface area contributed by atoms with Gasteiger partial charge >= 0.3 is 23.8 Å². The summed E-state index contributed by atoms with van der Waals surface area (Å²) >= 11 is 0. The molecule has 0 aromatic heterocycles. The van der Waals surface area contributed by atoms with Gasteiger partial charge in [0.25, 0.3) is 0 Å². The quantitative estimate of drug-likeness (QED) is 0.388. The van der Waals surface area contributed by atoms with Crippen molar-refractivity contribution in [2.45, 2.75) is 71.1 Å². The smallest absolute Gasteiger partial charge is 0.416 e. The first-order valence-electron chi connectivity index (χ1n) is 8.53. The maximum absolute atomic E-state index is 13.8. The van der Waals surface area contributed by atoms with Crippen LogP contribution in [0.1, 0.15) is 76.0 Å². The Hall–Kier alpha value is -2.12. The summed E-state index contributed by atoms with van der Waals surface area (Å²) in [4.78, 5) is 22.3. The fourth-order valence-electron chi connectivity index (χ4n) is 2.43. The van der Waals surface area contributed by atoms with E-state index in [1.807, 2.05) is 13.8 Å². The highest BCUT2D eigenvalue weighted by Crippen LogP contribution is 2.41. The van der Waals surface area contributed by atoms with Crippen LogP contribution >= 0.6 is 0 Å². The minimum absolute atomic E-state index is 0.0996. The largest absolute Gasteiger partial charge is 0.477 e. The van der Waals surface area contributed by atoms with Gasteiger partial charge in [-0.3, -0.25) is 0 Å². The average molecular weight is 392 g/mol. The second-order valence-electron chi connectivity index (χ2n) is 7.34. The number of alkyl halides is 4. The molecule has 1 aromatic rings. The number of aliphatic carboxylic acids is 1. The molecule has 152 valence electrons. The van der Waals surface area contributed by atoms with E-state index in [9.17, 15) is 27.2 Å². The summed E-state index contributed by atoms with van der Waals surface area (Å²) in [6, 6.07) is 3.36. The van der Waals surface area contributed by atoms with Gasteiger partial charge in [0.1, 0.15) is 5.75 Å². The number of esters is 1. The number of hydrogen-bond donors (Lipinski definition) is 1. The van der Waals surface area contributed by atoms with Gasteiger partial charge in [-0.2, -0.15) is 17.6 Å². The molecule has 0 unspecified atom stereocenters. The first-order valence-corrected chi connectivity index (χ1v) is 8.53. The summed E-state index contributed by atoms with van der Waals surface area (Å²) in [5.41, 5.74) is 1.70. The lowest BCUT2D eigenvalue weighted by atomic mass is 9.88. The number of carbonyl (C=O) groups is 2. The maximum Gasteiger partial charge on any atom is 0.416 e. The van der Waals surface area contributed by atoms with Crippen molar-refractivity contribution in [3.63, 3.8) is 0 Å². The van der Waals surface area contributed by atoms with Crippen LogP contribution in [0.3, 0.4) is 0 Å². The molecule has 0 aliphatic carbocycles. The van der Waals surface area contributed by atoms with Crippen LogP contribution in [-0.2, 0) is 9.59 Å². The highest BCUT2D eigenvalue weighted by atomic mass is 19.3. The molecule has 0 radical (unpaired) electrons. The number of carboxylic acid groups (broad SMARTS) is 1. The van der Waals surface area contributed by atoms with Gasteiger partial charge in [0.2, 0.25) is 0 Å². The molecule has 0 amide bonds. The van der Waals surface area contributed by atoms with E-state index in [4.69, 9.17) is 9.84 Å². The average Bonchev–Trinajstić information content (AvgIpc) is 2.53. The van der Waals surface area contributed by atoms with Gasteiger partial charge in [-0.05, 0) is 34.4 Å². The second kappa shape index (κ2) is 7.86. The van der Waals surface area contributed by atoms with Crippen molar-refractivity contribution in [1.29, 1.82) is 0 Å². The highest BCUT2D eigenvalue weighted by molar-refractivity contribution is 5.90. The zero-order valence-corrected chi connectivity index (χ0v) is 16.1. The van der Waals surface area contributed by atoms with E-state index in [1.54, 1.807) is 39.8 Å². The molecule has 0 fully saturated rings. The molecule has 0 heterocycles. The van der Waals surface area contributed by atoms with E-state index >= 15 is 0 Å². The van der Waals surface area contributed by atoms with Gasteiger partial charge in [0.05, 0.1) is 0 Å².